The second kappa shape index (κ2) is 4.70. The van der Waals surface area contributed by atoms with Crippen LogP contribution in [0.3, 0.4) is 0 Å². The van der Waals surface area contributed by atoms with Crippen LogP contribution in [0.4, 0.5) is 4.39 Å². The van der Waals surface area contributed by atoms with Crippen LogP contribution in [0.2, 0.25) is 0 Å². The van der Waals surface area contributed by atoms with Crippen molar-refractivity contribution in [1.82, 2.24) is 0 Å². The van der Waals surface area contributed by atoms with Crippen LogP contribution >= 0.6 is 0 Å². The molecule has 0 unspecified atom stereocenters. The summed E-state index contributed by atoms with van der Waals surface area (Å²) in [7, 11) is 0. The summed E-state index contributed by atoms with van der Waals surface area (Å²) in [5, 5.41) is 0. The molecule has 0 saturated heterocycles. The minimum atomic E-state index is -0.189. The second-order valence-electron chi connectivity index (χ2n) is 4.68. The maximum absolute atomic E-state index is 12.9. The highest BCUT2D eigenvalue weighted by Gasteiger charge is 2.08. The molecule has 0 spiro atoms. The molecule has 0 aliphatic rings. The van der Waals surface area contributed by atoms with Crippen LogP contribution in [-0.2, 0) is 0 Å². The lowest BCUT2D eigenvalue weighted by molar-refractivity contribution is 0.628. The zero-order chi connectivity index (χ0) is 12.4. The summed E-state index contributed by atoms with van der Waals surface area (Å²) >= 11 is 0. The fraction of sp³-hybridized carbons (Fsp3) is 0.250. The summed E-state index contributed by atoms with van der Waals surface area (Å²) in [5.41, 5.74) is 4.91. The summed E-state index contributed by atoms with van der Waals surface area (Å²) in [6, 6.07) is 13.0. The van der Waals surface area contributed by atoms with E-state index in [4.69, 9.17) is 0 Å². The lowest BCUT2D eigenvalue weighted by Gasteiger charge is -2.14. The van der Waals surface area contributed by atoms with E-state index in [9.17, 15) is 4.39 Å². The molecule has 0 saturated carbocycles. The summed E-state index contributed by atoms with van der Waals surface area (Å²) in [6.45, 7) is 6.52. The average Bonchev–Trinajstić information content (AvgIpc) is 2.30. The van der Waals surface area contributed by atoms with Crippen LogP contribution in [0.5, 0.6) is 0 Å². The van der Waals surface area contributed by atoms with E-state index >= 15 is 0 Å². The van der Waals surface area contributed by atoms with E-state index in [0.717, 1.165) is 5.56 Å². The predicted octanol–water partition coefficient (Wildman–Crippen LogP) is 4.92. The maximum atomic E-state index is 12.9. The van der Waals surface area contributed by atoms with Gasteiger partial charge in [0, 0.05) is 0 Å². The zero-order valence-corrected chi connectivity index (χ0v) is 10.5. The smallest absolute Gasteiger partial charge is 0.123 e. The van der Waals surface area contributed by atoms with E-state index in [1.54, 1.807) is 0 Å². The first-order valence-corrected chi connectivity index (χ1v) is 5.95. The largest absolute Gasteiger partial charge is 0.207 e. The molecule has 0 radical (unpaired) electrons. The van der Waals surface area contributed by atoms with E-state index in [1.165, 1.54) is 28.8 Å². The van der Waals surface area contributed by atoms with E-state index in [2.05, 4.69) is 39.0 Å². The first-order valence-electron chi connectivity index (χ1n) is 5.95. The van der Waals surface area contributed by atoms with Gasteiger partial charge in [0.1, 0.15) is 5.82 Å². The van der Waals surface area contributed by atoms with Crippen LogP contribution in [0.1, 0.15) is 30.9 Å². The topological polar surface area (TPSA) is 0 Å². The highest BCUT2D eigenvalue weighted by atomic mass is 19.1. The Labute approximate surface area is 102 Å². The first-order chi connectivity index (χ1) is 8.09. The van der Waals surface area contributed by atoms with Crippen LogP contribution < -0.4 is 0 Å². The van der Waals surface area contributed by atoms with Crippen molar-refractivity contribution in [2.75, 3.05) is 0 Å². The molecule has 0 aliphatic carbocycles. The molecule has 0 fully saturated rings. The lowest BCUT2D eigenvalue weighted by atomic mass is 9.91. The monoisotopic (exact) mass is 228 g/mol. The second-order valence-corrected chi connectivity index (χ2v) is 4.68. The van der Waals surface area contributed by atoms with E-state index in [-0.39, 0.29) is 5.82 Å². The van der Waals surface area contributed by atoms with Crippen molar-refractivity contribution < 1.29 is 4.39 Å². The molecule has 2 aromatic carbocycles. The van der Waals surface area contributed by atoms with Crippen molar-refractivity contribution in [3.63, 3.8) is 0 Å². The fourth-order valence-corrected chi connectivity index (χ4v) is 2.22. The molecule has 2 rings (SSSR count). The predicted molar refractivity (Wildman–Crippen MR) is 70.7 cm³/mol. The first kappa shape index (κ1) is 11.8. The molecule has 0 atom stereocenters. The van der Waals surface area contributed by atoms with Crippen molar-refractivity contribution >= 4 is 0 Å². The molecule has 0 bridgehead atoms. The van der Waals surface area contributed by atoms with Gasteiger partial charge < -0.3 is 0 Å². The Kier molecular flexibility index (Phi) is 3.28. The lowest BCUT2D eigenvalue weighted by Crippen LogP contribution is -1.94. The normalized spacial score (nSPS) is 10.9. The molecule has 0 nitrogen and oxygen atoms in total. The highest BCUT2D eigenvalue weighted by Crippen LogP contribution is 2.29. The van der Waals surface area contributed by atoms with Crippen molar-refractivity contribution in [3.05, 3.63) is 59.4 Å². The van der Waals surface area contributed by atoms with Crippen LogP contribution in [0.25, 0.3) is 11.1 Å². The highest BCUT2D eigenvalue weighted by molar-refractivity contribution is 5.68. The zero-order valence-electron chi connectivity index (χ0n) is 10.5. The van der Waals surface area contributed by atoms with Crippen molar-refractivity contribution in [3.8, 4) is 11.1 Å². The summed E-state index contributed by atoms with van der Waals surface area (Å²) in [6.07, 6.45) is 0. The number of hydrogen-bond acceptors (Lipinski definition) is 0. The van der Waals surface area contributed by atoms with E-state index < -0.39 is 0 Å². The molecule has 2 aromatic rings. The van der Waals surface area contributed by atoms with Gasteiger partial charge in [-0.2, -0.15) is 0 Å². The number of hydrogen-bond donors (Lipinski definition) is 0. The third-order valence-corrected chi connectivity index (χ3v) is 3.15. The minimum absolute atomic E-state index is 0.189. The van der Waals surface area contributed by atoms with Crippen LogP contribution in [0.15, 0.2) is 42.5 Å². The number of benzene rings is 2. The van der Waals surface area contributed by atoms with Gasteiger partial charge in [-0.15, -0.1) is 0 Å². The van der Waals surface area contributed by atoms with Crippen molar-refractivity contribution in [2.24, 2.45) is 0 Å². The molecule has 0 aromatic heterocycles. The molecular weight excluding hydrogens is 211 g/mol. The van der Waals surface area contributed by atoms with Gasteiger partial charge in [0.25, 0.3) is 0 Å². The van der Waals surface area contributed by atoms with Crippen molar-refractivity contribution in [1.29, 1.82) is 0 Å². The minimum Gasteiger partial charge on any atom is -0.207 e. The Balaban J connectivity index is 2.52. The Morgan fingerprint density at radius 1 is 0.941 bits per heavy atom. The quantitative estimate of drug-likeness (QED) is 0.684. The standard InChI is InChI=1S/C16H17F/c1-11(2)15-5-4-6-16(12(15)3)13-7-9-14(17)10-8-13/h4-11H,1-3H3. The molecule has 1 heteroatoms. The third-order valence-electron chi connectivity index (χ3n) is 3.15. The molecule has 0 aliphatic heterocycles. The SMILES string of the molecule is Cc1c(-c2ccc(F)cc2)cccc1C(C)C. The van der Waals surface area contributed by atoms with Gasteiger partial charge in [0.2, 0.25) is 0 Å². The molecule has 0 N–H and O–H groups in total. The fourth-order valence-electron chi connectivity index (χ4n) is 2.22. The molecule has 88 valence electrons. The van der Waals surface area contributed by atoms with Gasteiger partial charge >= 0.3 is 0 Å². The van der Waals surface area contributed by atoms with E-state index in [1.807, 2.05) is 12.1 Å². The summed E-state index contributed by atoms with van der Waals surface area (Å²) in [4.78, 5) is 0. The van der Waals surface area contributed by atoms with Crippen molar-refractivity contribution in [2.45, 2.75) is 26.7 Å². The third kappa shape index (κ3) is 2.38. The van der Waals surface area contributed by atoms with Crippen LogP contribution in [0, 0.1) is 12.7 Å². The molecule has 0 amide bonds. The molecular formula is C16H17F. The Morgan fingerprint density at radius 3 is 2.18 bits per heavy atom. The Morgan fingerprint density at radius 2 is 1.59 bits per heavy atom. The maximum Gasteiger partial charge on any atom is 0.123 e. The number of halogens is 1. The van der Waals surface area contributed by atoms with E-state index in [0.29, 0.717) is 5.92 Å². The summed E-state index contributed by atoms with van der Waals surface area (Å²) in [5.74, 6) is 0.321. The Bertz CT molecular complexity index is 510. The number of rotatable bonds is 2. The van der Waals surface area contributed by atoms with Gasteiger partial charge in [-0.1, -0.05) is 44.2 Å². The van der Waals surface area contributed by atoms with Gasteiger partial charge in [-0.3, -0.25) is 0 Å². The average molecular weight is 228 g/mol. The van der Waals surface area contributed by atoms with Gasteiger partial charge in [0.05, 0.1) is 0 Å². The van der Waals surface area contributed by atoms with Gasteiger partial charge in [0.15, 0.2) is 0 Å². The molecule has 0 heterocycles. The van der Waals surface area contributed by atoms with Gasteiger partial charge in [-0.05, 0) is 47.2 Å². The summed E-state index contributed by atoms with van der Waals surface area (Å²) < 4.78 is 12.9. The van der Waals surface area contributed by atoms with Gasteiger partial charge in [-0.25, -0.2) is 4.39 Å². The Hall–Kier alpha value is -1.63. The molecule has 17 heavy (non-hydrogen) atoms. The van der Waals surface area contributed by atoms with Crippen LogP contribution in [-0.4, -0.2) is 0 Å².